The third-order valence-electron chi connectivity index (χ3n) is 5.71. The van der Waals surface area contributed by atoms with Crippen molar-refractivity contribution in [3.63, 3.8) is 0 Å². The Morgan fingerprint density at radius 3 is 2.39 bits per heavy atom. The molecule has 2 amide bonds. The third-order valence-corrected chi connectivity index (χ3v) is 5.71. The number of hydrogen-bond acceptors (Lipinski definition) is 3. The predicted molar refractivity (Wildman–Crippen MR) is 118 cm³/mol. The highest BCUT2D eigenvalue weighted by atomic mass is 19.1. The van der Waals surface area contributed by atoms with Crippen LogP contribution in [0, 0.1) is 5.82 Å². The van der Waals surface area contributed by atoms with Gasteiger partial charge in [-0.3, -0.25) is 9.59 Å². The van der Waals surface area contributed by atoms with Crippen LogP contribution in [0.25, 0.3) is 0 Å². The van der Waals surface area contributed by atoms with E-state index < -0.39 is 6.04 Å². The molecule has 6 heteroatoms. The highest BCUT2D eigenvalue weighted by molar-refractivity contribution is 5.88. The third kappa shape index (κ3) is 6.81. The molecule has 1 aliphatic rings. The summed E-state index contributed by atoms with van der Waals surface area (Å²) < 4.78 is 18.7. The van der Waals surface area contributed by atoms with E-state index in [1.807, 2.05) is 37.3 Å². The average molecular weight is 427 g/mol. The molecule has 0 heterocycles. The second-order valence-electron chi connectivity index (χ2n) is 8.02. The van der Waals surface area contributed by atoms with Crippen LogP contribution < -0.4 is 10.1 Å². The van der Waals surface area contributed by atoms with Gasteiger partial charge in [-0.1, -0.05) is 56.5 Å². The molecule has 31 heavy (non-hydrogen) atoms. The molecule has 0 aromatic heterocycles. The Labute approximate surface area is 183 Å². The van der Waals surface area contributed by atoms with Crippen LogP contribution >= 0.6 is 0 Å². The molecule has 0 spiro atoms. The molecule has 0 saturated heterocycles. The van der Waals surface area contributed by atoms with E-state index >= 15 is 0 Å². The van der Waals surface area contributed by atoms with Gasteiger partial charge in [-0.25, -0.2) is 4.39 Å². The van der Waals surface area contributed by atoms with Gasteiger partial charge in [0.25, 0.3) is 5.91 Å². The maximum absolute atomic E-state index is 13.1. The normalized spacial score (nSPS) is 15.2. The van der Waals surface area contributed by atoms with Crippen LogP contribution in [0.4, 0.5) is 4.39 Å². The van der Waals surface area contributed by atoms with Crippen LogP contribution in [-0.2, 0) is 16.1 Å². The minimum atomic E-state index is -0.577. The highest BCUT2D eigenvalue weighted by Gasteiger charge is 2.30. The lowest BCUT2D eigenvalue weighted by Crippen LogP contribution is -2.52. The van der Waals surface area contributed by atoms with E-state index in [1.165, 1.54) is 30.7 Å². The molecule has 5 nitrogen and oxygen atoms in total. The summed E-state index contributed by atoms with van der Waals surface area (Å²) in [5.74, 6) is -0.344. The number of amides is 2. The standard InChI is InChI=1S/C25H31FN2O3/c1-2-23(25(30)27-21-11-7-4-8-12-21)28(17-19-9-5-3-6-10-19)24(29)18-31-22-15-13-20(26)14-16-22/h3,5-6,9-10,13-16,21,23H,2,4,7-8,11-12,17-18H2,1H3,(H,27,30). The van der Waals surface area contributed by atoms with Gasteiger partial charge >= 0.3 is 0 Å². The maximum Gasteiger partial charge on any atom is 0.261 e. The first-order valence-corrected chi connectivity index (χ1v) is 11.1. The molecular weight excluding hydrogens is 395 g/mol. The van der Waals surface area contributed by atoms with Crippen LogP contribution in [0.1, 0.15) is 51.0 Å². The summed E-state index contributed by atoms with van der Waals surface area (Å²) in [6.07, 6.45) is 5.95. The van der Waals surface area contributed by atoms with Crippen LogP contribution in [0.5, 0.6) is 5.75 Å². The van der Waals surface area contributed by atoms with Gasteiger partial charge in [0.15, 0.2) is 6.61 Å². The monoisotopic (exact) mass is 426 g/mol. The lowest BCUT2D eigenvalue weighted by Gasteiger charge is -2.32. The quantitative estimate of drug-likeness (QED) is 0.644. The van der Waals surface area contributed by atoms with E-state index in [9.17, 15) is 14.0 Å². The first kappa shape index (κ1) is 22.8. The van der Waals surface area contributed by atoms with Crippen LogP contribution in [0.3, 0.4) is 0 Å². The minimum Gasteiger partial charge on any atom is -0.484 e. The number of nitrogens with one attached hydrogen (secondary N) is 1. The maximum atomic E-state index is 13.1. The average Bonchev–Trinajstić information content (AvgIpc) is 2.79. The Hall–Kier alpha value is -2.89. The van der Waals surface area contributed by atoms with Gasteiger partial charge in [-0.05, 0) is 49.1 Å². The zero-order valence-electron chi connectivity index (χ0n) is 18.1. The van der Waals surface area contributed by atoms with E-state index in [-0.39, 0.29) is 30.3 Å². The second kappa shape index (κ2) is 11.5. The second-order valence-corrected chi connectivity index (χ2v) is 8.02. The number of halogens is 1. The van der Waals surface area contributed by atoms with Gasteiger partial charge in [0, 0.05) is 12.6 Å². The lowest BCUT2D eigenvalue weighted by molar-refractivity contribution is -0.143. The van der Waals surface area contributed by atoms with E-state index in [2.05, 4.69) is 5.32 Å². The van der Waals surface area contributed by atoms with Crippen molar-refractivity contribution in [2.45, 2.75) is 64.1 Å². The molecule has 0 radical (unpaired) electrons. The van der Waals surface area contributed by atoms with Gasteiger partial charge in [-0.15, -0.1) is 0 Å². The molecule has 2 aromatic rings. The lowest BCUT2D eigenvalue weighted by atomic mass is 9.95. The van der Waals surface area contributed by atoms with Crippen molar-refractivity contribution >= 4 is 11.8 Å². The summed E-state index contributed by atoms with van der Waals surface area (Å²) in [4.78, 5) is 27.8. The zero-order chi connectivity index (χ0) is 22.1. The van der Waals surface area contributed by atoms with Gasteiger partial charge in [0.05, 0.1) is 0 Å². The highest BCUT2D eigenvalue weighted by Crippen LogP contribution is 2.19. The molecule has 1 N–H and O–H groups in total. The fourth-order valence-electron chi connectivity index (χ4n) is 4.00. The molecular formula is C25H31FN2O3. The van der Waals surface area contributed by atoms with Crippen molar-refractivity contribution in [1.82, 2.24) is 10.2 Å². The molecule has 0 aliphatic heterocycles. The summed E-state index contributed by atoms with van der Waals surface area (Å²) >= 11 is 0. The number of benzene rings is 2. The number of hydrogen-bond donors (Lipinski definition) is 1. The molecule has 1 saturated carbocycles. The Balaban J connectivity index is 1.72. The van der Waals surface area contributed by atoms with Gasteiger partial charge < -0.3 is 15.0 Å². The number of rotatable bonds is 9. The summed E-state index contributed by atoms with van der Waals surface area (Å²) in [5, 5.41) is 3.16. The van der Waals surface area contributed by atoms with Crippen LogP contribution in [-0.4, -0.2) is 35.4 Å². The predicted octanol–water partition coefficient (Wildman–Crippen LogP) is 4.46. The van der Waals surface area contributed by atoms with Gasteiger partial charge in [0.2, 0.25) is 5.91 Å². The SMILES string of the molecule is CCC(C(=O)NC1CCCCC1)N(Cc1ccccc1)C(=O)COc1ccc(F)cc1. The van der Waals surface area contributed by atoms with E-state index in [1.54, 1.807) is 4.90 Å². The van der Waals surface area contributed by atoms with Crippen molar-refractivity contribution < 1.29 is 18.7 Å². The summed E-state index contributed by atoms with van der Waals surface area (Å²) in [7, 11) is 0. The zero-order valence-corrected chi connectivity index (χ0v) is 18.1. The molecule has 1 aliphatic carbocycles. The summed E-state index contributed by atoms with van der Waals surface area (Å²) in [5.41, 5.74) is 0.946. The van der Waals surface area contributed by atoms with Crippen molar-refractivity contribution in [2.24, 2.45) is 0 Å². The first-order valence-electron chi connectivity index (χ1n) is 11.1. The van der Waals surface area contributed by atoms with E-state index in [0.29, 0.717) is 18.7 Å². The summed E-state index contributed by atoms with van der Waals surface area (Å²) in [6.45, 7) is 2.02. The molecule has 1 fully saturated rings. The molecule has 1 atom stereocenters. The van der Waals surface area contributed by atoms with Crippen molar-refractivity contribution in [1.29, 1.82) is 0 Å². The molecule has 0 bridgehead atoms. The Morgan fingerprint density at radius 2 is 1.74 bits per heavy atom. The molecule has 3 rings (SSSR count). The van der Waals surface area contributed by atoms with Crippen LogP contribution in [0.15, 0.2) is 54.6 Å². The molecule has 2 aromatic carbocycles. The van der Waals surface area contributed by atoms with Crippen molar-refractivity contribution in [3.05, 3.63) is 66.0 Å². The Morgan fingerprint density at radius 1 is 1.06 bits per heavy atom. The topological polar surface area (TPSA) is 58.6 Å². The molecule has 166 valence electrons. The minimum absolute atomic E-state index is 0.111. The molecule has 1 unspecified atom stereocenters. The Bertz CT molecular complexity index is 836. The number of carbonyl (C=O) groups excluding carboxylic acids is 2. The number of carbonyl (C=O) groups is 2. The fourth-order valence-corrected chi connectivity index (χ4v) is 4.00. The van der Waals surface area contributed by atoms with Gasteiger partial charge in [-0.2, -0.15) is 0 Å². The Kier molecular flexibility index (Phi) is 8.44. The summed E-state index contributed by atoms with van der Waals surface area (Å²) in [6, 6.07) is 14.8. The van der Waals surface area contributed by atoms with Crippen LogP contribution in [0.2, 0.25) is 0 Å². The van der Waals surface area contributed by atoms with Gasteiger partial charge in [0.1, 0.15) is 17.6 Å². The smallest absolute Gasteiger partial charge is 0.261 e. The fraction of sp³-hybridized carbons (Fsp3) is 0.440. The first-order chi connectivity index (χ1) is 15.1. The number of nitrogens with zero attached hydrogens (tertiary/aromatic N) is 1. The van der Waals surface area contributed by atoms with Crippen molar-refractivity contribution in [2.75, 3.05) is 6.61 Å². The van der Waals surface area contributed by atoms with E-state index in [0.717, 1.165) is 31.2 Å². The largest absolute Gasteiger partial charge is 0.484 e. The van der Waals surface area contributed by atoms with E-state index in [4.69, 9.17) is 4.74 Å². The number of ether oxygens (including phenoxy) is 1. The van der Waals surface area contributed by atoms with Crippen molar-refractivity contribution in [3.8, 4) is 5.75 Å².